The molecule has 2 rings (SSSR count). The lowest BCUT2D eigenvalue weighted by atomic mass is 10.0. The number of halogens is 1. The van der Waals surface area contributed by atoms with Crippen LogP contribution in [0, 0.1) is 0 Å². The molecule has 0 bridgehead atoms. The standard InChI is InChI=1S/C11H9ClO3/c1-6(13)4-10-8-3-2-7(12)5-9(8)11(14)15-10/h2-3,5,10H,4H2,1H3/t10-/m1/s1. The van der Waals surface area contributed by atoms with Crippen LogP contribution in [0.15, 0.2) is 18.2 Å². The van der Waals surface area contributed by atoms with Crippen LogP contribution >= 0.6 is 11.6 Å². The Morgan fingerprint density at radius 2 is 2.27 bits per heavy atom. The number of Topliss-reactive ketones (excluding diaryl/α,β-unsaturated/α-hetero) is 1. The van der Waals surface area contributed by atoms with Crippen molar-refractivity contribution < 1.29 is 14.3 Å². The largest absolute Gasteiger partial charge is 0.453 e. The van der Waals surface area contributed by atoms with Gasteiger partial charge in [0.1, 0.15) is 11.9 Å². The smallest absolute Gasteiger partial charge is 0.339 e. The Hall–Kier alpha value is -1.35. The number of fused-ring (bicyclic) bond motifs is 1. The summed E-state index contributed by atoms with van der Waals surface area (Å²) in [6, 6.07) is 4.99. The molecule has 0 fully saturated rings. The van der Waals surface area contributed by atoms with Crippen molar-refractivity contribution in [2.45, 2.75) is 19.4 Å². The molecule has 1 aromatic rings. The van der Waals surface area contributed by atoms with E-state index < -0.39 is 12.1 Å². The first-order valence-corrected chi connectivity index (χ1v) is 4.95. The number of hydrogen-bond acceptors (Lipinski definition) is 3. The summed E-state index contributed by atoms with van der Waals surface area (Å²) in [4.78, 5) is 22.4. The van der Waals surface area contributed by atoms with Crippen LogP contribution in [0.25, 0.3) is 0 Å². The van der Waals surface area contributed by atoms with Gasteiger partial charge >= 0.3 is 5.97 Å². The van der Waals surface area contributed by atoms with E-state index in [2.05, 4.69) is 0 Å². The van der Waals surface area contributed by atoms with Gasteiger partial charge in [0.25, 0.3) is 0 Å². The van der Waals surface area contributed by atoms with Gasteiger partial charge in [0.2, 0.25) is 0 Å². The van der Waals surface area contributed by atoms with E-state index in [0.29, 0.717) is 10.6 Å². The Kier molecular flexibility index (Phi) is 2.49. The average molecular weight is 225 g/mol. The molecule has 3 nitrogen and oxygen atoms in total. The summed E-state index contributed by atoms with van der Waals surface area (Å²) in [7, 11) is 0. The molecule has 0 saturated heterocycles. The van der Waals surface area contributed by atoms with Crippen LogP contribution in [0.3, 0.4) is 0 Å². The van der Waals surface area contributed by atoms with E-state index in [1.54, 1.807) is 18.2 Å². The van der Waals surface area contributed by atoms with Crippen molar-refractivity contribution in [1.29, 1.82) is 0 Å². The lowest BCUT2D eigenvalue weighted by Crippen LogP contribution is -2.03. The molecular formula is C11H9ClO3. The molecule has 1 aliphatic heterocycles. The molecule has 0 saturated carbocycles. The van der Waals surface area contributed by atoms with E-state index in [1.807, 2.05) is 0 Å². The maximum atomic E-state index is 11.4. The van der Waals surface area contributed by atoms with Gasteiger partial charge in [-0.25, -0.2) is 4.79 Å². The van der Waals surface area contributed by atoms with E-state index in [-0.39, 0.29) is 12.2 Å². The topological polar surface area (TPSA) is 43.4 Å². The van der Waals surface area contributed by atoms with Gasteiger partial charge in [-0.05, 0) is 19.1 Å². The minimum absolute atomic E-state index is 0.00407. The van der Waals surface area contributed by atoms with Crippen LogP contribution in [0.5, 0.6) is 0 Å². The minimum atomic E-state index is -0.442. The van der Waals surface area contributed by atoms with Crippen molar-refractivity contribution in [3.63, 3.8) is 0 Å². The van der Waals surface area contributed by atoms with Crippen molar-refractivity contribution in [2.75, 3.05) is 0 Å². The van der Waals surface area contributed by atoms with E-state index >= 15 is 0 Å². The van der Waals surface area contributed by atoms with Gasteiger partial charge in [0.05, 0.1) is 5.56 Å². The number of hydrogen-bond donors (Lipinski definition) is 0. The van der Waals surface area contributed by atoms with Crippen molar-refractivity contribution >= 4 is 23.4 Å². The Bertz CT molecular complexity index is 439. The van der Waals surface area contributed by atoms with Gasteiger partial charge < -0.3 is 4.74 Å². The van der Waals surface area contributed by atoms with Crippen molar-refractivity contribution in [1.82, 2.24) is 0 Å². The average Bonchev–Trinajstić information content (AvgIpc) is 2.42. The first-order chi connectivity index (χ1) is 7.08. The zero-order chi connectivity index (χ0) is 11.0. The third-order valence-corrected chi connectivity index (χ3v) is 2.54. The molecule has 15 heavy (non-hydrogen) atoms. The van der Waals surface area contributed by atoms with Gasteiger partial charge in [-0.2, -0.15) is 0 Å². The highest BCUT2D eigenvalue weighted by atomic mass is 35.5. The molecule has 0 radical (unpaired) electrons. The lowest BCUT2D eigenvalue weighted by molar-refractivity contribution is -0.118. The van der Waals surface area contributed by atoms with Crippen molar-refractivity contribution in [3.8, 4) is 0 Å². The molecule has 0 amide bonds. The minimum Gasteiger partial charge on any atom is -0.453 e. The third kappa shape index (κ3) is 1.88. The Morgan fingerprint density at radius 1 is 1.53 bits per heavy atom. The molecule has 0 unspecified atom stereocenters. The highest BCUT2D eigenvalue weighted by Crippen LogP contribution is 2.34. The number of esters is 1. The molecule has 0 aromatic heterocycles. The fourth-order valence-electron chi connectivity index (χ4n) is 1.65. The van der Waals surface area contributed by atoms with Gasteiger partial charge in [-0.3, -0.25) is 4.79 Å². The highest BCUT2D eigenvalue weighted by Gasteiger charge is 2.31. The molecule has 1 aromatic carbocycles. The Morgan fingerprint density at radius 3 is 2.93 bits per heavy atom. The third-order valence-electron chi connectivity index (χ3n) is 2.30. The maximum Gasteiger partial charge on any atom is 0.339 e. The normalized spacial score (nSPS) is 18.5. The maximum absolute atomic E-state index is 11.4. The molecule has 0 aliphatic carbocycles. The summed E-state index contributed by atoms with van der Waals surface area (Å²) in [6.07, 6.45) is -0.220. The van der Waals surface area contributed by atoms with E-state index in [0.717, 1.165) is 5.56 Å². The van der Waals surface area contributed by atoms with Gasteiger partial charge in [0.15, 0.2) is 0 Å². The van der Waals surface area contributed by atoms with E-state index in [4.69, 9.17) is 16.3 Å². The summed E-state index contributed by atoms with van der Waals surface area (Å²) in [5.74, 6) is -0.408. The highest BCUT2D eigenvalue weighted by molar-refractivity contribution is 6.31. The van der Waals surface area contributed by atoms with Crippen LogP contribution in [-0.2, 0) is 9.53 Å². The second kappa shape index (κ2) is 3.66. The number of cyclic esters (lactones) is 1. The molecule has 1 heterocycles. The fourth-order valence-corrected chi connectivity index (χ4v) is 1.83. The zero-order valence-corrected chi connectivity index (χ0v) is 8.88. The predicted octanol–water partition coefficient (Wildman–Crippen LogP) is 2.53. The first-order valence-electron chi connectivity index (χ1n) is 4.58. The van der Waals surface area contributed by atoms with E-state index in [1.165, 1.54) is 6.92 Å². The van der Waals surface area contributed by atoms with Crippen LogP contribution in [-0.4, -0.2) is 11.8 Å². The van der Waals surface area contributed by atoms with Crippen LogP contribution < -0.4 is 0 Å². The Balaban J connectivity index is 2.38. The van der Waals surface area contributed by atoms with Gasteiger partial charge in [0, 0.05) is 17.0 Å². The number of carbonyl (C=O) groups is 2. The molecule has 4 heteroatoms. The molecule has 0 N–H and O–H groups in total. The van der Waals surface area contributed by atoms with Crippen LogP contribution in [0.2, 0.25) is 5.02 Å². The quantitative estimate of drug-likeness (QED) is 0.725. The summed E-state index contributed by atoms with van der Waals surface area (Å²) in [5.41, 5.74) is 1.22. The summed E-state index contributed by atoms with van der Waals surface area (Å²) >= 11 is 5.77. The number of rotatable bonds is 2. The van der Waals surface area contributed by atoms with Crippen molar-refractivity contribution in [2.24, 2.45) is 0 Å². The first kappa shape index (κ1) is 10.2. The second-order valence-corrected chi connectivity index (χ2v) is 3.97. The van der Waals surface area contributed by atoms with Gasteiger partial charge in [-0.1, -0.05) is 17.7 Å². The predicted molar refractivity (Wildman–Crippen MR) is 54.9 cm³/mol. The van der Waals surface area contributed by atoms with Crippen LogP contribution in [0.1, 0.15) is 35.4 Å². The van der Waals surface area contributed by atoms with E-state index in [9.17, 15) is 9.59 Å². The number of carbonyl (C=O) groups excluding carboxylic acids is 2. The molecule has 1 aliphatic rings. The Labute approximate surface area is 92.0 Å². The monoisotopic (exact) mass is 224 g/mol. The number of benzene rings is 1. The lowest BCUT2D eigenvalue weighted by Gasteiger charge is -2.07. The van der Waals surface area contributed by atoms with Crippen LogP contribution in [0.4, 0.5) is 0 Å². The molecule has 0 spiro atoms. The summed E-state index contributed by atoms with van der Waals surface area (Å²) in [6.45, 7) is 1.47. The second-order valence-electron chi connectivity index (χ2n) is 3.53. The molecule has 78 valence electrons. The summed E-state index contributed by atoms with van der Waals surface area (Å²) in [5, 5.41) is 0.495. The van der Waals surface area contributed by atoms with Gasteiger partial charge in [-0.15, -0.1) is 0 Å². The van der Waals surface area contributed by atoms with Crippen molar-refractivity contribution in [3.05, 3.63) is 34.3 Å². The SMILES string of the molecule is CC(=O)C[C@H]1OC(=O)c2cc(Cl)ccc21. The number of ether oxygens (including phenoxy) is 1. The molecular weight excluding hydrogens is 216 g/mol. The molecule has 1 atom stereocenters. The number of ketones is 1. The summed E-state index contributed by atoms with van der Waals surface area (Å²) < 4.78 is 5.08. The zero-order valence-electron chi connectivity index (χ0n) is 8.12. The fraction of sp³-hybridized carbons (Fsp3) is 0.273.